The van der Waals surface area contributed by atoms with E-state index in [-0.39, 0.29) is 48.2 Å². The number of allylic oxidation sites excluding steroid dienone is 4. The maximum absolute atomic E-state index is 13.2. The average molecular weight is 867 g/mol. The number of rotatable bonds is 40. The summed E-state index contributed by atoms with van der Waals surface area (Å²) in [6, 6.07) is 12.4. The molecule has 2 aromatic rings. The summed E-state index contributed by atoms with van der Waals surface area (Å²) in [6.45, 7) is 4.83. The van der Waals surface area contributed by atoms with Gasteiger partial charge in [-0.05, 0) is 101 Å². The third-order valence-electron chi connectivity index (χ3n) is 11.0. The third kappa shape index (κ3) is 28.6. The lowest BCUT2D eigenvalue weighted by molar-refractivity contribution is -0.145. The number of benzene rings is 2. The van der Waals surface area contributed by atoms with Gasteiger partial charge in [-0.2, -0.15) is 0 Å². The summed E-state index contributed by atoms with van der Waals surface area (Å²) in [5.74, 6) is 0.562. The van der Waals surface area contributed by atoms with Gasteiger partial charge in [0.15, 0.2) is 0 Å². The zero-order chi connectivity index (χ0) is 43.9. The lowest BCUT2D eigenvalue weighted by atomic mass is 10.0. The second kappa shape index (κ2) is 37.0. The van der Waals surface area contributed by atoms with Crippen molar-refractivity contribution in [1.29, 1.82) is 0 Å². The third-order valence-corrected chi connectivity index (χ3v) is 12.8. The maximum Gasteiger partial charge on any atom is 0.305 e. The van der Waals surface area contributed by atoms with Gasteiger partial charge in [-0.15, -0.1) is 0 Å². The molecule has 0 unspecified atom stereocenters. The number of hydrogen-bond donors (Lipinski definition) is 0. The first-order chi connectivity index (χ1) is 29.9. The first-order valence-corrected chi connectivity index (χ1v) is 25.6. The highest BCUT2D eigenvalue weighted by Crippen LogP contribution is 2.25. The van der Waals surface area contributed by atoms with Crippen LogP contribution >= 0.6 is 0 Å². The van der Waals surface area contributed by atoms with Gasteiger partial charge in [0, 0.05) is 12.8 Å². The molecule has 9 heteroatoms. The van der Waals surface area contributed by atoms with Crippen LogP contribution in [0.25, 0.3) is 0 Å². The standard InChI is InChI=1S/C52H82O8S/c1-3-5-7-9-11-13-15-17-19-21-23-25-27-29-31-33-51(53)59-45-43-57-47-35-39-49(40-36-47)61(55,56)50-41-37-48(38-42-50)58-44-46-60-52(54)34-32-30-28-26-24-22-20-18-16-14-12-10-8-6-4-2/h3-6,35-42H,7-34,43-46H2,1-2H3/b5-3+,6-4+. The monoisotopic (exact) mass is 867 g/mol. The van der Waals surface area contributed by atoms with E-state index in [2.05, 4.69) is 38.2 Å². The molecule has 61 heavy (non-hydrogen) atoms. The summed E-state index contributed by atoms with van der Waals surface area (Å²) in [7, 11) is -3.75. The molecule has 0 aliphatic heterocycles. The van der Waals surface area contributed by atoms with Crippen LogP contribution in [0.1, 0.15) is 194 Å². The van der Waals surface area contributed by atoms with Crippen molar-refractivity contribution in [2.45, 2.75) is 203 Å². The Morgan fingerprint density at radius 3 is 0.984 bits per heavy atom. The van der Waals surface area contributed by atoms with E-state index in [1.165, 1.54) is 153 Å². The van der Waals surface area contributed by atoms with Gasteiger partial charge < -0.3 is 18.9 Å². The van der Waals surface area contributed by atoms with Crippen LogP contribution < -0.4 is 9.47 Å². The van der Waals surface area contributed by atoms with Crippen molar-refractivity contribution in [2.75, 3.05) is 26.4 Å². The van der Waals surface area contributed by atoms with E-state index in [4.69, 9.17) is 18.9 Å². The van der Waals surface area contributed by atoms with E-state index in [9.17, 15) is 18.0 Å². The smallest absolute Gasteiger partial charge is 0.305 e. The molecule has 0 aliphatic rings. The van der Waals surface area contributed by atoms with Gasteiger partial charge in [0.2, 0.25) is 9.84 Å². The fourth-order valence-electron chi connectivity index (χ4n) is 7.27. The summed E-state index contributed by atoms with van der Waals surface area (Å²) >= 11 is 0. The molecule has 2 rings (SSSR count). The Balaban J connectivity index is 1.47. The van der Waals surface area contributed by atoms with E-state index in [0.29, 0.717) is 24.3 Å². The van der Waals surface area contributed by atoms with Gasteiger partial charge in [-0.1, -0.05) is 153 Å². The predicted octanol–water partition coefficient (Wildman–Crippen LogP) is 14.4. The Labute approximate surface area is 371 Å². The van der Waals surface area contributed by atoms with E-state index < -0.39 is 9.84 Å². The zero-order valence-corrected chi connectivity index (χ0v) is 39.0. The molecule has 2 aromatic carbocycles. The average Bonchev–Trinajstić information content (AvgIpc) is 3.27. The molecule has 0 spiro atoms. The molecule has 0 bridgehead atoms. The van der Waals surface area contributed by atoms with Crippen molar-refractivity contribution in [1.82, 2.24) is 0 Å². The number of carbonyl (C=O) groups is 2. The zero-order valence-electron chi connectivity index (χ0n) is 38.2. The van der Waals surface area contributed by atoms with Gasteiger partial charge in [0.25, 0.3) is 0 Å². The topological polar surface area (TPSA) is 105 Å². The van der Waals surface area contributed by atoms with Gasteiger partial charge >= 0.3 is 11.9 Å². The molecule has 0 amide bonds. The van der Waals surface area contributed by atoms with E-state index in [1.807, 2.05) is 0 Å². The number of sulfone groups is 1. The molecule has 0 N–H and O–H groups in total. The van der Waals surface area contributed by atoms with E-state index in [0.717, 1.165) is 38.5 Å². The molecule has 344 valence electrons. The van der Waals surface area contributed by atoms with Crippen molar-refractivity contribution < 1.29 is 37.0 Å². The number of unbranched alkanes of at least 4 members (excludes halogenated alkanes) is 24. The Bertz CT molecular complexity index is 1420. The lowest BCUT2D eigenvalue weighted by Crippen LogP contribution is -2.12. The summed E-state index contributed by atoms with van der Waals surface area (Å²) in [6.07, 6.45) is 41.9. The predicted molar refractivity (Wildman–Crippen MR) is 250 cm³/mol. The van der Waals surface area contributed by atoms with Gasteiger partial charge in [0.1, 0.15) is 37.9 Å². The molecular weight excluding hydrogens is 785 g/mol. The SMILES string of the molecule is C/C=C/CCCCCCCCCCCCCCC(=O)OCCOc1ccc(S(=O)(=O)c2ccc(OCCOC(=O)CCCCCCCCCCCCCC/C=C/C)cc2)cc1. The highest BCUT2D eigenvalue weighted by molar-refractivity contribution is 7.91. The minimum Gasteiger partial charge on any atom is -0.490 e. The van der Waals surface area contributed by atoms with Crippen LogP contribution in [0.15, 0.2) is 82.6 Å². The number of esters is 2. The molecule has 0 heterocycles. The Kier molecular flexibility index (Phi) is 32.5. The van der Waals surface area contributed by atoms with Crippen molar-refractivity contribution in [2.24, 2.45) is 0 Å². The summed E-state index contributed by atoms with van der Waals surface area (Å²) in [5, 5.41) is 0. The fraction of sp³-hybridized carbons (Fsp3) is 0.654. The second-order valence-corrected chi connectivity index (χ2v) is 18.2. The van der Waals surface area contributed by atoms with Crippen LogP contribution in [0.3, 0.4) is 0 Å². The first kappa shape index (κ1) is 53.5. The van der Waals surface area contributed by atoms with Crippen molar-refractivity contribution in [3.63, 3.8) is 0 Å². The molecule has 0 saturated carbocycles. The van der Waals surface area contributed by atoms with Gasteiger partial charge in [-0.25, -0.2) is 8.42 Å². The Hall–Kier alpha value is -3.59. The van der Waals surface area contributed by atoms with E-state index in [1.54, 1.807) is 24.3 Å². The molecule has 0 atom stereocenters. The van der Waals surface area contributed by atoms with Crippen molar-refractivity contribution in [3.05, 3.63) is 72.8 Å². The van der Waals surface area contributed by atoms with Crippen LogP contribution in [0.5, 0.6) is 11.5 Å². The largest absolute Gasteiger partial charge is 0.490 e. The number of ether oxygens (including phenoxy) is 4. The normalized spacial score (nSPS) is 11.7. The lowest BCUT2D eigenvalue weighted by Gasteiger charge is -2.10. The van der Waals surface area contributed by atoms with Crippen LogP contribution in [-0.4, -0.2) is 46.8 Å². The first-order valence-electron chi connectivity index (χ1n) is 24.1. The molecular formula is C52H82O8S. The molecule has 8 nitrogen and oxygen atoms in total. The van der Waals surface area contributed by atoms with Crippen LogP contribution in [-0.2, 0) is 28.9 Å². The van der Waals surface area contributed by atoms with Crippen LogP contribution in [0.4, 0.5) is 0 Å². The minimum absolute atomic E-state index is 0.140. The molecule has 0 aromatic heterocycles. The number of carbonyl (C=O) groups excluding carboxylic acids is 2. The number of hydrogen-bond acceptors (Lipinski definition) is 8. The van der Waals surface area contributed by atoms with Crippen molar-refractivity contribution >= 4 is 21.8 Å². The Morgan fingerprint density at radius 1 is 0.410 bits per heavy atom. The summed E-state index contributed by atoms with van der Waals surface area (Å²) < 4.78 is 48.4. The van der Waals surface area contributed by atoms with Crippen LogP contribution in [0.2, 0.25) is 0 Å². The molecule has 0 saturated heterocycles. The second-order valence-electron chi connectivity index (χ2n) is 16.3. The van der Waals surface area contributed by atoms with Gasteiger partial charge in [0.05, 0.1) is 9.79 Å². The van der Waals surface area contributed by atoms with Crippen LogP contribution in [0, 0.1) is 0 Å². The maximum atomic E-state index is 13.2. The highest BCUT2D eigenvalue weighted by atomic mass is 32.2. The van der Waals surface area contributed by atoms with E-state index >= 15 is 0 Å². The fourth-order valence-corrected chi connectivity index (χ4v) is 8.53. The highest BCUT2D eigenvalue weighted by Gasteiger charge is 2.18. The molecule has 0 aliphatic carbocycles. The Morgan fingerprint density at radius 2 is 0.689 bits per heavy atom. The summed E-state index contributed by atoms with van der Waals surface area (Å²) in [5.41, 5.74) is 0. The molecule has 0 radical (unpaired) electrons. The van der Waals surface area contributed by atoms with Crippen molar-refractivity contribution in [3.8, 4) is 11.5 Å². The quantitative estimate of drug-likeness (QED) is 0.0370. The van der Waals surface area contributed by atoms with Gasteiger partial charge in [-0.3, -0.25) is 9.59 Å². The minimum atomic E-state index is -3.75. The molecule has 0 fully saturated rings. The summed E-state index contributed by atoms with van der Waals surface area (Å²) in [4.78, 5) is 24.5.